The molecule has 5 heteroatoms. The maximum Gasteiger partial charge on any atom is 0.749 e. The molecule has 1 unspecified atom stereocenters. The molecule has 68 valence electrons. The first kappa shape index (κ1) is 9.84. The van der Waals surface area contributed by atoms with Gasteiger partial charge in [-0.1, -0.05) is 0 Å². The van der Waals surface area contributed by atoms with Crippen LogP contribution in [0.5, 0.6) is 5.75 Å². The van der Waals surface area contributed by atoms with E-state index in [1.165, 1.54) is 7.11 Å². The normalized spacial score (nSPS) is 10.7. The molecule has 0 aromatic heterocycles. The molecule has 0 aliphatic heterocycles. The zero-order chi connectivity index (χ0) is 9.68. The molecule has 0 amide bonds. The predicted octanol–water partition coefficient (Wildman–Crippen LogP) is 2.18. The molecule has 1 rings (SSSR count). The second-order valence-corrected chi connectivity index (χ2v) is 3.18. The van der Waals surface area contributed by atoms with Crippen LogP contribution < -0.4 is 4.52 Å². The van der Waals surface area contributed by atoms with Gasteiger partial charge >= 0.3 is 8.25 Å². The lowest BCUT2D eigenvalue weighted by Crippen LogP contribution is -1.83. The number of carbonyl (C=O) groups excluding carboxylic acids is 1. The van der Waals surface area contributed by atoms with Crippen molar-refractivity contribution in [3.05, 3.63) is 29.8 Å². The lowest BCUT2D eigenvalue weighted by atomic mass is 10.2. The molecule has 0 saturated heterocycles. The van der Waals surface area contributed by atoms with Gasteiger partial charge in [-0.25, -0.2) is 4.52 Å². The quantitative estimate of drug-likeness (QED) is 0.550. The molecule has 0 fully saturated rings. The Morgan fingerprint density at radius 3 is 2.38 bits per heavy atom. The second-order valence-electron chi connectivity index (χ2n) is 2.18. The molecule has 0 spiro atoms. The van der Waals surface area contributed by atoms with Crippen molar-refractivity contribution in [2.24, 2.45) is 0 Å². The Balaban J connectivity index is 2.69. The van der Waals surface area contributed by atoms with E-state index < -0.39 is 8.25 Å². The molecule has 0 bridgehead atoms. The smallest absolute Gasteiger partial charge is 0.298 e. The Morgan fingerprint density at radius 2 is 1.92 bits per heavy atom. The van der Waals surface area contributed by atoms with Gasteiger partial charge in [0.25, 0.3) is 0 Å². The number of hydrogen-bond donors (Lipinski definition) is 0. The monoisotopic (exact) mass is 199 g/mol. The van der Waals surface area contributed by atoms with E-state index in [4.69, 9.17) is 4.52 Å². The van der Waals surface area contributed by atoms with Gasteiger partial charge in [0.2, 0.25) is 0 Å². The largest absolute Gasteiger partial charge is 0.749 e. The van der Waals surface area contributed by atoms with Crippen molar-refractivity contribution in [1.82, 2.24) is 0 Å². The predicted molar refractivity (Wildman–Crippen MR) is 47.1 cm³/mol. The highest BCUT2D eigenvalue weighted by Crippen LogP contribution is 2.26. The Labute approximate surface area is 76.4 Å². The minimum Gasteiger partial charge on any atom is -0.298 e. The lowest BCUT2D eigenvalue weighted by Gasteiger charge is -1.91. The molecule has 0 saturated carbocycles. The van der Waals surface area contributed by atoms with E-state index in [2.05, 4.69) is 4.52 Å². The van der Waals surface area contributed by atoms with Gasteiger partial charge in [-0.2, -0.15) is 0 Å². The summed E-state index contributed by atoms with van der Waals surface area (Å²) in [6.45, 7) is 0. The molecule has 0 N–H and O–H groups in total. The van der Waals surface area contributed by atoms with Crippen LogP contribution in [0.15, 0.2) is 24.3 Å². The number of rotatable bonds is 4. The first-order valence-electron chi connectivity index (χ1n) is 3.51. The third-order valence-corrected chi connectivity index (χ3v) is 2.00. The third-order valence-electron chi connectivity index (χ3n) is 1.35. The van der Waals surface area contributed by atoms with Crippen LogP contribution in [0.2, 0.25) is 0 Å². The van der Waals surface area contributed by atoms with Crippen LogP contribution in [-0.2, 0) is 9.09 Å². The number of aldehydes is 1. The van der Waals surface area contributed by atoms with Gasteiger partial charge in [0.05, 0.1) is 7.11 Å². The van der Waals surface area contributed by atoms with E-state index in [0.717, 1.165) is 6.29 Å². The van der Waals surface area contributed by atoms with Crippen LogP contribution >= 0.6 is 8.25 Å². The van der Waals surface area contributed by atoms with Gasteiger partial charge in [-0.3, -0.25) is 4.79 Å². The second kappa shape index (κ2) is 4.70. The van der Waals surface area contributed by atoms with E-state index in [0.29, 0.717) is 11.3 Å². The fourth-order valence-corrected chi connectivity index (χ4v) is 1.10. The highest BCUT2D eigenvalue weighted by atomic mass is 31.1. The van der Waals surface area contributed by atoms with Crippen LogP contribution in [0.25, 0.3) is 0 Å². The van der Waals surface area contributed by atoms with Gasteiger partial charge < -0.3 is 0 Å². The Bertz CT molecular complexity index is 306. The maximum atomic E-state index is 10.8. The summed E-state index contributed by atoms with van der Waals surface area (Å²) in [6, 6.07) is 6.24. The van der Waals surface area contributed by atoms with Crippen LogP contribution in [0, 0.1) is 0 Å². The molecule has 13 heavy (non-hydrogen) atoms. The van der Waals surface area contributed by atoms with Crippen molar-refractivity contribution in [3.63, 3.8) is 0 Å². The summed E-state index contributed by atoms with van der Waals surface area (Å²) in [6.07, 6.45) is 0.722. The van der Waals surface area contributed by atoms with E-state index >= 15 is 0 Å². The molecule has 1 atom stereocenters. The lowest BCUT2D eigenvalue weighted by molar-refractivity contribution is 0.112. The maximum absolute atomic E-state index is 10.8. The summed E-state index contributed by atoms with van der Waals surface area (Å²) in [4.78, 5) is 10.3. The van der Waals surface area contributed by atoms with Crippen molar-refractivity contribution in [2.45, 2.75) is 0 Å². The summed E-state index contributed by atoms with van der Waals surface area (Å²) in [5, 5.41) is 0. The molecular formula is C8H8O4P+. The molecule has 1 aromatic rings. The standard InChI is InChI=1S/C8H8O4P/c1-11-13(10)12-8-4-2-7(6-9)3-5-8/h2-6H,1H3/q+1. The third kappa shape index (κ3) is 2.93. The topological polar surface area (TPSA) is 52.6 Å². The zero-order valence-corrected chi connectivity index (χ0v) is 7.86. The van der Waals surface area contributed by atoms with Gasteiger partial charge in [0, 0.05) is 10.1 Å². The van der Waals surface area contributed by atoms with Crippen molar-refractivity contribution < 1.29 is 18.4 Å². The van der Waals surface area contributed by atoms with Crippen LogP contribution in [0.3, 0.4) is 0 Å². The average Bonchev–Trinajstić information content (AvgIpc) is 2.19. The van der Waals surface area contributed by atoms with Crippen LogP contribution in [0.4, 0.5) is 0 Å². The molecule has 0 aliphatic carbocycles. The van der Waals surface area contributed by atoms with Crippen LogP contribution in [-0.4, -0.2) is 13.4 Å². The highest BCUT2D eigenvalue weighted by molar-refractivity contribution is 7.33. The summed E-state index contributed by atoms with van der Waals surface area (Å²) in [7, 11) is -0.817. The summed E-state index contributed by atoms with van der Waals surface area (Å²) >= 11 is 0. The van der Waals surface area contributed by atoms with Gasteiger partial charge in [0.1, 0.15) is 6.29 Å². The van der Waals surface area contributed by atoms with E-state index in [1.54, 1.807) is 24.3 Å². The molecule has 0 aliphatic rings. The van der Waals surface area contributed by atoms with Crippen molar-refractivity contribution in [3.8, 4) is 5.75 Å². The minimum absolute atomic E-state index is 0.411. The Kier molecular flexibility index (Phi) is 3.55. The molecule has 0 radical (unpaired) electrons. The van der Waals surface area contributed by atoms with Gasteiger partial charge in [0.15, 0.2) is 5.75 Å². The number of benzene rings is 1. The van der Waals surface area contributed by atoms with E-state index in [-0.39, 0.29) is 0 Å². The molecule has 4 nitrogen and oxygen atoms in total. The van der Waals surface area contributed by atoms with Gasteiger partial charge in [-0.15, -0.1) is 4.52 Å². The van der Waals surface area contributed by atoms with Crippen molar-refractivity contribution in [1.29, 1.82) is 0 Å². The van der Waals surface area contributed by atoms with Gasteiger partial charge in [-0.05, 0) is 24.3 Å². The first-order chi connectivity index (χ1) is 6.26. The fraction of sp³-hybridized carbons (Fsp3) is 0.125. The van der Waals surface area contributed by atoms with E-state index in [9.17, 15) is 9.36 Å². The van der Waals surface area contributed by atoms with E-state index in [1.807, 2.05) is 0 Å². The first-order valence-corrected chi connectivity index (χ1v) is 4.60. The summed E-state index contributed by atoms with van der Waals surface area (Å²) < 4.78 is 20.0. The van der Waals surface area contributed by atoms with Crippen LogP contribution in [0.1, 0.15) is 10.4 Å². The minimum atomic E-state index is -2.11. The Morgan fingerprint density at radius 1 is 1.31 bits per heavy atom. The zero-order valence-electron chi connectivity index (χ0n) is 6.97. The Hall–Kier alpha value is -1.25. The average molecular weight is 199 g/mol. The molecule has 0 heterocycles. The fourth-order valence-electron chi connectivity index (χ4n) is 0.731. The molecule has 1 aromatic carbocycles. The highest BCUT2D eigenvalue weighted by Gasteiger charge is 2.18. The number of hydrogen-bond acceptors (Lipinski definition) is 4. The van der Waals surface area contributed by atoms with Crippen molar-refractivity contribution in [2.75, 3.05) is 7.11 Å². The summed E-state index contributed by atoms with van der Waals surface area (Å²) in [5.74, 6) is 0.411. The summed E-state index contributed by atoms with van der Waals surface area (Å²) in [5.41, 5.74) is 0.542. The molecular weight excluding hydrogens is 191 g/mol. The number of carbonyl (C=O) groups is 1. The SMILES string of the molecule is CO[P+](=O)Oc1ccc(C=O)cc1. The van der Waals surface area contributed by atoms with Crippen molar-refractivity contribution >= 4 is 14.5 Å².